The topological polar surface area (TPSA) is 62.2 Å². The Bertz CT molecular complexity index is 391. The summed E-state index contributed by atoms with van der Waals surface area (Å²) in [5.74, 6) is -1.68. The van der Waals surface area contributed by atoms with Gasteiger partial charge in [-0.2, -0.15) is 17.6 Å². The lowest BCUT2D eigenvalue weighted by molar-refractivity contribution is -0.201. The zero-order valence-corrected chi connectivity index (χ0v) is 8.33. The van der Waals surface area contributed by atoms with Crippen molar-refractivity contribution in [3.8, 4) is 0 Å². The highest BCUT2D eigenvalue weighted by molar-refractivity contribution is 5.93. The molecule has 8 heteroatoms. The Morgan fingerprint density at radius 3 is 2.59 bits per heavy atom. The Hall–Kier alpha value is -1.70. The molecule has 0 saturated carbocycles. The van der Waals surface area contributed by atoms with Crippen LogP contribution >= 0.6 is 0 Å². The summed E-state index contributed by atoms with van der Waals surface area (Å²) in [7, 11) is 0. The van der Waals surface area contributed by atoms with E-state index < -0.39 is 30.7 Å². The second-order valence-corrected chi connectivity index (χ2v) is 3.14. The predicted molar refractivity (Wildman–Crippen MR) is 48.6 cm³/mol. The van der Waals surface area contributed by atoms with Gasteiger partial charge in [0.1, 0.15) is 0 Å². The Balaban J connectivity index is 2.53. The SMILES string of the molecule is O=C(NCC(O)C(F)(F)F)c1ccc(F)nc1. The molecular weight excluding hydrogens is 244 g/mol. The first-order valence-electron chi connectivity index (χ1n) is 4.45. The summed E-state index contributed by atoms with van der Waals surface area (Å²) in [6, 6.07) is 1.97. The highest BCUT2D eigenvalue weighted by Crippen LogP contribution is 2.19. The summed E-state index contributed by atoms with van der Waals surface area (Å²) >= 11 is 0. The molecule has 0 aliphatic carbocycles. The number of aliphatic hydroxyl groups excluding tert-OH is 1. The lowest BCUT2D eigenvalue weighted by Crippen LogP contribution is -2.40. The molecule has 1 rings (SSSR count). The summed E-state index contributed by atoms with van der Waals surface area (Å²) in [6.45, 7) is -0.973. The molecule has 0 aliphatic heterocycles. The fraction of sp³-hybridized carbons (Fsp3) is 0.333. The Morgan fingerprint density at radius 1 is 1.47 bits per heavy atom. The van der Waals surface area contributed by atoms with Gasteiger partial charge >= 0.3 is 6.18 Å². The summed E-state index contributed by atoms with van der Waals surface area (Å²) in [5.41, 5.74) is -0.0965. The Kier molecular flexibility index (Phi) is 4.00. The summed E-state index contributed by atoms with van der Waals surface area (Å²) in [5, 5.41) is 10.5. The smallest absolute Gasteiger partial charge is 0.382 e. The molecule has 0 fully saturated rings. The monoisotopic (exact) mass is 252 g/mol. The minimum absolute atomic E-state index is 0.0965. The second-order valence-electron chi connectivity index (χ2n) is 3.14. The maximum atomic E-state index is 12.4. The number of carbonyl (C=O) groups excluding carboxylic acids is 1. The number of halogens is 4. The third-order valence-corrected chi connectivity index (χ3v) is 1.82. The first-order chi connectivity index (χ1) is 7.80. The van der Waals surface area contributed by atoms with Crippen molar-refractivity contribution in [2.45, 2.75) is 12.3 Å². The molecule has 1 unspecified atom stereocenters. The number of hydrogen-bond donors (Lipinski definition) is 2. The third kappa shape index (κ3) is 3.99. The van der Waals surface area contributed by atoms with Crippen molar-refractivity contribution in [3.63, 3.8) is 0 Å². The van der Waals surface area contributed by atoms with Crippen molar-refractivity contribution in [2.75, 3.05) is 6.54 Å². The zero-order chi connectivity index (χ0) is 13.1. The van der Waals surface area contributed by atoms with Crippen LogP contribution in [0.5, 0.6) is 0 Å². The molecular formula is C9H8F4N2O2. The van der Waals surface area contributed by atoms with E-state index in [1.807, 2.05) is 5.32 Å². The van der Waals surface area contributed by atoms with Gasteiger partial charge in [0, 0.05) is 6.20 Å². The van der Waals surface area contributed by atoms with E-state index in [1.165, 1.54) is 0 Å². The number of aliphatic hydroxyl groups is 1. The van der Waals surface area contributed by atoms with Crippen LogP contribution in [0, 0.1) is 5.95 Å². The van der Waals surface area contributed by atoms with Crippen LogP contribution in [0.1, 0.15) is 10.4 Å². The number of nitrogens with one attached hydrogen (secondary N) is 1. The first-order valence-corrected chi connectivity index (χ1v) is 4.45. The summed E-state index contributed by atoms with van der Waals surface area (Å²) < 4.78 is 48.1. The quantitative estimate of drug-likeness (QED) is 0.620. The Labute approximate surface area is 93.3 Å². The van der Waals surface area contributed by atoms with Gasteiger partial charge in [0.2, 0.25) is 5.95 Å². The van der Waals surface area contributed by atoms with Crippen LogP contribution in [-0.2, 0) is 0 Å². The van der Waals surface area contributed by atoms with E-state index in [0.717, 1.165) is 18.3 Å². The van der Waals surface area contributed by atoms with Gasteiger partial charge in [-0.3, -0.25) is 4.79 Å². The van der Waals surface area contributed by atoms with Crippen molar-refractivity contribution in [1.29, 1.82) is 0 Å². The molecule has 0 aromatic carbocycles. The maximum Gasteiger partial charge on any atom is 0.416 e. The molecule has 0 spiro atoms. The molecule has 1 aromatic rings. The molecule has 0 bridgehead atoms. The van der Waals surface area contributed by atoms with Gasteiger partial charge < -0.3 is 10.4 Å². The van der Waals surface area contributed by atoms with Gasteiger partial charge in [-0.05, 0) is 12.1 Å². The largest absolute Gasteiger partial charge is 0.416 e. The van der Waals surface area contributed by atoms with E-state index in [9.17, 15) is 22.4 Å². The molecule has 17 heavy (non-hydrogen) atoms. The third-order valence-electron chi connectivity index (χ3n) is 1.82. The summed E-state index contributed by atoms with van der Waals surface area (Å²) in [4.78, 5) is 14.4. The van der Waals surface area contributed by atoms with E-state index in [0.29, 0.717) is 0 Å². The van der Waals surface area contributed by atoms with Gasteiger partial charge in [-0.15, -0.1) is 0 Å². The van der Waals surface area contributed by atoms with Crippen molar-refractivity contribution in [1.82, 2.24) is 10.3 Å². The van der Waals surface area contributed by atoms with Crippen molar-refractivity contribution in [3.05, 3.63) is 29.8 Å². The molecule has 0 saturated heterocycles. The van der Waals surface area contributed by atoms with Crippen LogP contribution in [0.3, 0.4) is 0 Å². The van der Waals surface area contributed by atoms with E-state index in [-0.39, 0.29) is 5.56 Å². The van der Waals surface area contributed by atoms with Crippen LogP contribution in [0.2, 0.25) is 0 Å². The normalized spacial score (nSPS) is 13.2. The minimum atomic E-state index is -4.80. The highest BCUT2D eigenvalue weighted by Gasteiger charge is 2.38. The molecule has 2 N–H and O–H groups in total. The van der Waals surface area contributed by atoms with Crippen molar-refractivity contribution >= 4 is 5.91 Å². The second kappa shape index (κ2) is 5.09. The number of alkyl halides is 3. The van der Waals surface area contributed by atoms with E-state index in [1.54, 1.807) is 0 Å². The van der Waals surface area contributed by atoms with Gasteiger partial charge in [0.05, 0.1) is 12.1 Å². The number of hydrogen-bond acceptors (Lipinski definition) is 3. The average molecular weight is 252 g/mol. The van der Waals surface area contributed by atoms with Gasteiger partial charge in [-0.1, -0.05) is 0 Å². The van der Waals surface area contributed by atoms with Crippen molar-refractivity contribution in [2.24, 2.45) is 0 Å². The standard InChI is InChI=1S/C9H8F4N2O2/c10-7-2-1-5(3-14-7)8(17)15-4-6(16)9(11,12)13/h1-3,6,16H,4H2,(H,15,17). The molecule has 1 aromatic heterocycles. The van der Waals surface area contributed by atoms with Crippen molar-refractivity contribution < 1.29 is 27.5 Å². The van der Waals surface area contributed by atoms with Crippen LogP contribution < -0.4 is 5.32 Å². The van der Waals surface area contributed by atoms with Crippen LogP contribution in [0.4, 0.5) is 17.6 Å². The molecule has 1 amide bonds. The lowest BCUT2D eigenvalue weighted by Gasteiger charge is -2.14. The number of aromatic nitrogens is 1. The molecule has 1 heterocycles. The van der Waals surface area contributed by atoms with Crippen LogP contribution in [-0.4, -0.2) is 34.8 Å². The van der Waals surface area contributed by atoms with E-state index in [2.05, 4.69) is 4.98 Å². The predicted octanol–water partition coefficient (Wildman–Crippen LogP) is 0.874. The molecule has 1 atom stereocenters. The van der Waals surface area contributed by atoms with Gasteiger partial charge in [-0.25, -0.2) is 4.98 Å². The summed E-state index contributed by atoms with van der Waals surface area (Å²) in [6.07, 6.45) is -6.56. The number of amides is 1. The first kappa shape index (κ1) is 13.4. The molecule has 94 valence electrons. The maximum absolute atomic E-state index is 12.4. The number of rotatable bonds is 3. The molecule has 4 nitrogen and oxygen atoms in total. The van der Waals surface area contributed by atoms with Gasteiger partial charge in [0.25, 0.3) is 5.91 Å². The lowest BCUT2D eigenvalue weighted by atomic mass is 10.2. The van der Waals surface area contributed by atoms with E-state index in [4.69, 9.17) is 5.11 Å². The fourth-order valence-corrected chi connectivity index (χ4v) is 0.917. The highest BCUT2D eigenvalue weighted by atomic mass is 19.4. The number of nitrogens with zero attached hydrogens (tertiary/aromatic N) is 1. The van der Waals surface area contributed by atoms with Gasteiger partial charge in [0.15, 0.2) is 6.10 Å². The van der Waals surface area contributed by atoms with Crippen LogP contribution in [0.25, 0.3) is 0 Å². The number of pyridine rings is 1. The average Bonchev–Trinajstić information content (AvgIpc) is 2.25. The minimum Gasteiger partial charge on any atom is -0.382 e. The fourth-order valence-electron chi connectivity index (χ4n) is 0.917. The zero-order valence-electron chi connectivity index (χ0n) is 8.33. The van der Waals surface area contributed by atoms with E-state index >= 15 is 0 Å². The molecule has 0 radical (unpaired) electrons. The molecule has 0 aliphatic rings. The number of carbonyl (C=O) groups is 1. The van der Waals surface area contributed by atoms with Crippen LogP contribution in [0.15, 0.2) is 18.3 Å². The Morgan fingerprint density at radius 2 is 2.12 bits per heavy atom.